The number of benzene rings is 1. The van der Waals surface area contributed by atoms with Crippen molar-refractivity contribution in [3.63, 3.8) is 0 Å². The van der Waals surface area contributed by atoms with Crippen LogP contribution in [0.3, 0.4) is 0 Å². The van der Waals surface area contributed by atoms with E-state index in [0.717, 1.165) is 25.3 Å². The molecule has 106 valence electrons. The minimum absolute atomic E-state index is 0.186. The summed E-state index contributed by atoms with van der Waals surface area (Å²) in [6.07, 6.45) is 2.94. The van der Waals surface area contributed by atoms with Crippen LogP contribution in [0.1, 0.15) is 40.0 Å². The Balaban J connectivity index is 2.77. The van der Waals surface area contributed by atoms with Gasteiger partial charge >= 0.3 is 0 Å². The van der Waals surface area contributed by atoms with Crippen LogP contribution >= 0.6 is 0 Å². The second-order valence-corrected chi connectivity index (χ2v) is 4.92. The molecule has 0 spiro atoms. The van der Waals surface area contributed by atoms with Gasteiger partial charge in [-0.1, -0.05) is 27.2 Å². The zero-order chi connectivity index (χ0) is 14.4. The van der Waals surface area contributed by atoms with Crippen molar-refractivity contribution >= 4 is 11.4 Å². The highest BCUT2D eigenvalue weighted by Gasteiger charge is 2.15. The van der Waals surface area contributed by atoms with Gasteiger partial charge < -0.3 is 5.32 Å². The van der Waals surface area contributed by atoms with Crippen LogP contribution in [0.2, 0.25) is 0 Å². The summed E-state index contributed by atoms with van der Waals surface area (Å²) in [5, 5.41) is 13.7. The maximum Gasteiger partial charge on any atom is 0.272 e. The maximum atomic E-state index is 13.8. The average molecular weight is 268 g/mol. The van der Waals surface area contributed by atoms with E-state index >= 15 is 0 Å². The van der Waals surface area contributed by atoms with Crippen LogP contribution in [0.5, 0.6) is 0 Å². The fourth-order valence-corrected chi connectivity index (χ4v) is 1.93. The molecule has 0 aliphatic rings. The molecular weight excluding hydrogens is 247 g/mol. The molecule has 0 amide bonds. The highest BCUT2D eigenvalue weighted by molar-refractivity contribution is 5.50. The van der Waals surface area contributed by atoms with Crippen LogP contribution in [0.25, 0.3) is 0 Å². The van der Waals surface area contributed by atoms with Crippen LogP contribution in [-0.2, 0) is 0 Å². The van der Waals surface area contributed by atoms with E-state index in [9.17, 15) is 14.5 Å². The third-order valence-corrected chi connectivity index (χ3v) is 3.40. The summed E-state index contributed by atoms with van der Waals surface area (Å²) in [5.41, 5.74) is 0.110. The number of non-ortho nitro benzene ring substituents is 1. The van der Waals surface area contributed by atoms with Crippen LogP contribution < -0.4 is 5.32 Å². The lowest BCUT2D eigenvalue weighted by atomic mass is 9.97. The van der Waals surface area contributed by atoms with Crippen LogP contribution in [-0.4, -0.2) is 11.0 Å². The van der Waals surface area contributed by atoms with E-state index in [1.54, 1.807) is 0 Å². The molecule has 1 aromatic rings. The van der Waals surface area contributed by atoms with Gasteiger partial charge in [-0.25, -0.2) is 4.39 Å². The van der Waals surface area contributed by atoms with Gasteiger partial charge in [0.05, 0.1) is 16.7 Å². The van der Waals surface area contributed by atoms with Crippen molar-refractivity contribution in [2.24, 2.45) is 5.92 Å². The SMILES string of the molecule is CCC(C)CC(CC)Nc1ccc([N+](=O)[O-])cc1F. The van der Waals surface area contributed by atoms with E-state index in [1.807, 2.05) is 6.92 Å². The molecule has 0 saturated carbocycles. The summed E-state index contributed by atoms with van der Waals surface area (Å²) >= 11 is 0. The number of nitro benzene ring substituents is 1. The van der Waals surface area contributed by atoms with Gasteiger partial charge in [-0.05, 0) is 24.8 Å². The Bertz CT molecular complexity index is 437. The summed E-state index contributed by atoms with van der Waals surface area (Å²) in [5.74, 6) is -0.00430. The Morgan fingerprint density at radius 1 is 1.37 bits per heavy atom. The second-order valence-electron chi connectivity index (χ2n) is 4.92. The first-order chi connectivity index (χ1) is 8.97. The molecule has 1 aromatic carbocycles. The summed E-state index contributed by atoms with van der Waals surface area (Å²) in [6.45, 7) is 6.34. The number of halogens is 1. The van der Waals surface area contributed by atoms with Crippen LogP contribution in [0, 0.1) is 21.8 Å². The van der Waals surface area contributed by atoms with E-state index in [-0.39, 0.29) is 11.7 Å². The lowest BCUT2D eigenvalue weighted by Crippen LogP contribution is -2.21. The highest BCUT2D eigenvalue weighted by Crippen LogP contribution is 2.23. The lowest BCUT2D eigenvalue weighted by Gasteiger charge is -2.21. The molecule has 2 unspecified atom stereocenters. The highest BCUT2D eigenvalue weighted by atomic mass is 19.1. The summed E-state index contributed by atoms with van der Waals surface area (Å²) in [7, 11) is 0. The number of hydrogen-bond donors (Lipinski definition) is 1. The van der Waals surface area contributed by atoms with Gasteiger partial charge in [0.25, 0.3) is 5.69 Å². The van der Waals surface area contributed by atoms with Crippen molar-refractivity contribution in [1.82, 2.24) is 0 Å². The fourth-order valence-electron chi connectivity index (χ4n) is 1.93. The molecule has 1 rings (SSSR count). The lowest BCUT2D eigenvalue weighted by molar-refractivity contribution is -0.385. The normalized spacial score (nSPS) is 13.9. The number of nitrogens with zero attached hydrogens (tertiary/aromatic N) is 1. The van der Waals surface area contributed by atoms with E-state index < -0.39 is 10.7 Å². The largest absolute Gasteiger partial charge is 0.380 e. The van der Waals surface area contributed by atoms with Gasteiger partial charge in [-0.15, -0.1) is 0 Å². The van der Waals surface area contributed by atoms with Gasteiger partial charge in [0.2, 0.25) is 0 Å². The summed E-state index contributed by atoms with van der Waals surface area (Å²) in [6, 6.07) is 3.90. The molecule has 0 saturated heterocycles. The number of nitro groups is 1. The number of hydrogen-bond acceptors (Lipinski definition) is 3. The predicted molar refractivity (Wildman–Crippen MR) is 74.8 cm³/mol. The molecule has 0 radical (unpaired) electrons. The topological polar surface area (TPSA) is 55.2 Å². The van der Waals surface area contributed by atoms with Crippen LogP contribution in [0.15, 0.2) is 18.2 Å². The Morgan fingerprint density at radius 3 is 2.53 bits per heavy atom. The first kappa shape index (κ1) is 15.4. The van der Waals surface area contributed by atoms with Crippen molar-refractivity contribution in [1.29, 1.82) is 0 Å². The average Bonchev–Trinajstić information content (AvgIpc) is 2.39. The van der Waals surface area contributed by atoms with Gasteiger partial charge in [0.1, 0.15) is 0 Å². The number of nitrogens with one attached hydrogen (secondary N) is 1. The first-order valence-electron chi connectivity index (χ1n) is 6.68. The molecule has 0 aliphatic carbocycles. The maximum absolute atomic E-state index is 13.8. The Hall–Kier alpha value is -1.65. The molecule has 0 heterocycles. The molecule has 5 heteroatoms. The zero-order valence-corrected chi connectivity index (χ0v) is 11.6. The van der Waals surface area contributed by atoms with Gasteiger partial charge in [0.15, 0.2) is 5.82 Å². The zero-order valence-electron chi connectivity index (χ0n) is 11.6. The third-order valence-electron chi connectivity index (χ3n) is 3.40. The minimum atomic E-state index is -0.594. The molecule has 0 aliphatic heterocycles. The van der Waals surface area contributed by atoms with Crippen molar-refractivity contribution in [3.05, 3.63) is 34.1 Å². The first-order valence-corrected chi connectivity index (χ1v) is 6.68. The molecule has 1 N–H and O–H groups in total. The smallest absolute Gasteiger partial charge is 0.272 e. The Kier molecular flexibility index (Phi) is 5.73. The molecule has 0 aromatic heterocycles. The molecule has 0 bridgehead atoms. The third kappa shape index (κ3) is 4.50. The quantitative estimate of drug-likeness (QED) is 0.590. The van der Waals surface area contributed by atoms with Crippen LogP contribution in [0.4, 0.5) is 15.8 Å². The fraction of sp³-hybridized carbons (Fsp3) is 0.571. The van der Waals surface area contributed by atoms with E-state index in [2.05, 4.69) is 19.2 Å². The minimum Gasteiger partial charge on any atom is -0.380 e. The molecule has 0 fully saturated rings. The van der Waals surface area contributed by atoms with E-state index in [0.29, 0.717) is 11.6 Å². The Morgan fingerprint density at radius 2 is 2.05 bits per heavy atom. The predicted octanol–water partition coefficient (Wildman–Crippen LogP) is 4.36. The van der Waals surface area contributed by atoms with Crippen molar-refractivity contribution in [2.75, 3.05) is 5.32 Å². The molecule has 19 heavy (non-hydrogen) atoms. The molecular formula is C14H21FN2O2. The second kappa shape index (κ2) is 7.07. The van der Waals surface area contributed by atoms with Crippen molar-refractivity contribution in [2.45, 2.75) is 46.1 Å². The summed E-state index contributed by atoms with van der Waals surface area (Å²) in [4.78, 5) is 9.95. The van der Waals surface area contributed by atoms with E-state index in [1.165, 1.54) is 12.1 Å². The van der Waals surface area contributed by atoms with Crippen molar-refractivity contribution in [3.8, 4) is 0 Å². The van der Waals surface area contributed by atoms with Gasteiger partial charge in [-0.2, -0.15) is 0 Å². The van der Waals surface area contributed by atoms with E-state index in [4.69, 9.17) is 0 Å². The monoisotopic (exact) mass is 268 g/mol. The van der Waals surface area contributed by atoms with Crippen molar-refractivity contribution < 1.29 is 9.31 Å². The molecule has 4 nitrogen and oxygen atoms in total. The van der Waals surface area contributed by atoms with Gasteiger partial charge in [-0.3, -0.25) is 10.1 Å². The summed E-state index contributed by atoms with van der Waals surface area (Å²) < 4.78 is 13.8. The number of rotatable bonds is 7. The van der Waals surface area contributed by atoms with Gasteiger partial charge in [0, 0.05) is 12.1 Å². The Labute approximate surface area is 113 Å². The number of anilines is 1. The molecule has 2 atom stereocenters. The standard InChI is InChI=1S/C14H21FN2O2/c1-4-10(3)8-11(5-2)16-14-7-6-12(17(18)19)9-13(14)15/h6-7,9-11,16H,4-5,8H2,1-3H3.